The zero-order valence-corrected chi connectivity index (χ0v) is 13.8. The molecule has 0 saturated carbocycles. The minimum absolute atomic E-state index is 0.343. The van der Waals surface area contributed by atoms with Crippen molar-refractivity contribution in [3.8, 4) is 0 Å². The van der Waals surface area contributed by atoms with Crippen molar-refractivity contribution in [1.82, 2.24) is 0 Å². The minimum Gasteiger partial charge on any atom is -0.465 e. The summed E-state index contributed by atoms with van der Waals surface area (Å²) in [6.45, 7) is 0. The van der Waals surface area contributed by atoms with Gasteiger partial charge in [-0.3, -0.25) is 0 Å². The van der Waals surface area contributed by atoms with Gasteiger partial charge < -0.3 is 9.47 Å². The maximum Gasteiger partial charge on any atom is 0.357 e. The van der Waals surface area contributed by atoms with Crippen LogP contribution in [-0.4, -0.2) is 26.2 Å². The second-order valence-electron chi connectivity index (χ2n) is 4.10. The lowest BCUT2D eigenvalue weighted by molar-refractivity contribution is -0.597. The highest BCUT2D eigenvalue weighted by molar-refractivity contribution is 5.89. The number of methoxy groups -OCH3 is 2. The highest BCUT2D eigenvalue weighted by Crippen LogP contribution is 2.01. The number of halogens is 1. The Hall–Kier alpha value is -1.89. The zero-order chi connectivity index (χ0) is 15.2. The van der Waals surface area contributed by atoms with Crippen LogP contribution in [0.25, 0.3) is 0 Å². The smallest absolute Gasteiger partial charge is 0.357 e. The summed E-state index contributed by atoms with van der Waals surface area (Å²) < 4.78 is 11.6. The fourth-order valence-electron chi connectivity index (χ4n) is 1.71. The number of carbonyl (C=O) groups is 2. The van der Waals surface area contributed by atoms with Gasteiger partial charge in [0.15, 0.2) is 7.14 Å². The molecule has 108 valence electrons. The molecule has 4 nitrogen and oxygen atoms in total. The number of rotatable bonds is 4. The molecule has 21 heavy (non-hydrogen) atoms. The zero-order valence-electron chi connectivity index (χ0n) is 11.6. The highest BCUT2D eigenvalue weighted by Gasteiger charge is 2.19. The topological polar surface area (TPSA) is 52.6 Å². The first kappa shape index (κ1) is 15.5. The van der Waals surface area contributed by atoms with Crippen molar-refractivity contribution in [2.75, 3.05) is 14.2 Å². The SMILES string of the molecule is COC(=O)c1cccc([I+]c2cccc(C(=O)OC)c2)c1. The lowest BCUT2D eigenvalue weighted by Crippen LogP contribution is -3.61. The first-order chi connectivity index (χ1) is 10.1. The molecule has 2 aromatic rings. The summed E-state index contributed by atoms with van der Waals surface area (Å²) in [5, 5.41) is 0. The van der Waals surface area contributed by atoms with Gasteiger partial charge in [0.25, 0.3) is 0 Å². The van der Waals surface area contributed by atoms with Crippen LogP contribution in [0.1, 0.15) is 20.7 Å². The van der Waals surface area contributed by atoms with E-state index in [2.05, 4.69) is 0 Å². The third-order valence-corrected chi connectivity index (χ3v) is 5.30. The fraction of sp³-hybridized carbons (Fsp3) is 0.125. The predicted octanol–water partition coefficient (Wildman–Crippen LogP) is -0.612. The molecule has 0 heterocycles. The van der Waals surface area contributed by atoms with E-state index >= 15 is 0 Å². The molecule has 5 heteroatoms. The fourth-order valence-corrected chi connectivity index (χ4v) is 4.19. The second-order valence-corrected chi connectivity index (χ2v) is 7.13. The molecular formula is C16H14IO4+. The van der Waals surface area contributed by atoms with Crippen LogP contribution in [0, 0.1) is 7.14 Å². The van der Waals surface area contributed by atoms with E-state index in [4.69, 9.17) is 9.47 Å². The quantitative estimate of drug-likeness (QED) is 0.511. The third kappa shape index (κ3) is 4.04. The van der Waals surface area contributed by atoms with Crippen molar-refractivity contribution in [3.63, 3.8) is 0 Å². The first-order valence-electron chi connectivity index (χ1n) is 6.15. The lowest BCUT2D eigenvalue weighted by Gasteiger charge is -1.98. The normalized spacial score (nSPS) is 10.0. The Morgan fingerprint density at radius 2 is 1.24 bits per heavy atom. The Labute approximate surface area is 133 Å². The molecule has 0 aliphatic heterocycles. The summed E-state index contributed by atoms with van der Waals surface area (Å²) in [6, 6.07) is 14.8. The van der Waals surface area contributed by atoms with Crippen LogP contribution in [0.2, 0.25) is 0 Å². The van der Waals surface area contributed by atoms with Crippen molar-refractivity contribution in [2.45, 2.75) is 0 Å². The van der Waals surface area contributed by atoms with Gasteiger partial charge in [-0.2, -0.15) is 0 Å². The summed E-state index contributed by atoms with van der Waals surface area (Å²) in [5.74, 6) is -0.687. The van der Waals surface area contributed by atoms with Gasteiger partial charge in [-0.15, -0.1) is 0 Å². The maximum atomic E-state index is 11.5. The van der Waals surface area contributed by atoms with Crippen LogP contribution in [0.5, 0.6) is 0 Å². The molecule has 0 N–H and O–H groups in total. The lowest BCUT2D eigenvalue weighted by atomic mass is 10.2. The van der Waals surface area contributed by atoms with Crippen LogP contribution in [0.15, 0.2) is 48.5 Å². The average molecular weight is 397 g/mol. The molecule has 0 spiro atoms. The maximum absolute atomic E-state index is 11.5. The van der Waals surface area contributed by atoms with Gasteiger partial charge in [0.1, 0.15) is 0 Å². The average Bonchev–Trinajstić information content (AvgIpc) is 2.53. The van der Waals surface area contributed by atoms with Gasteiger partial charge in [0, 0.05) is 12.1 Å². The minimum atomic E-state index is -0.482. The van der Waals surface area contributed by atoms with Crippen LogP contribution in [-0.2, 0) is 9.47 Å². The first-order valence-corrected chi connectivity index (χ1v) is 8.31. The molecule has 0 unspecified atom stereocenters. The molecule has 0 amide bonds. The van der Waals surface area contributed by atoms with E-state index in [0.717, 1.165) is 7.14 Å². The van der Waals surface area contributed by atoms with Gasteiger partial charge in [0.2, 0.25) is 0 Å². The van der Waals surface area contributed by atoms with Gasteiger partial charge in [-0.25, -0.2) is 9.59 Å². The van der Waals surface area contributed by atoms with E-state index < -0.39 is 21.2 Å². The number of hydrogen-bond donors (Lipinski definition) is 0. The monoisotopic (exact) mass is 397 g/mol. The summed E-state index contributed by atoms with van der Waals surface area (Å²) in [4.78, 5) is 23.1. The molecule has 0 atom stereocenters. The largest absolute Gasteiger partial charge is 0.465 e. The summed E-state index contributed by atoms with van der Waals surface area (Å²) >= 11 is -0.482. The standard InChI is InChI=1S/C16H14IO4/c1-20-15(18)11-5-3-7-13(9-11)17-14-8-4-6-12(10-14)16(19)21-2/h3-10H,1-2H3/q+1. The van der Waals surface area contributed by atoms with Crippen LogP contribution in [0.3, 0.4) is 0 Å². The van der Waals surface area contributed by atoms with Crippen LogP contribution >= 0.6 is 0 Å². The third-order valence-electron chi connectivity index (χ3n) is 2.71. The van der Waals surface area contributed by atoms with E-state index in [1.54, 1.807) is 12.1 Å². The van der Waals surface area contributed by atoms with Crippen molar-refractivity contribution >= 4 is 11.9 Å². The number of ether oxygens (including phenoxy) is 2. The van der Waals surface area contributed by atoms with Gasteiger partial charge in [-0.05, 0) is 24.3 Å². The number of benzene rings is 2. The molecule has 0 bridgehead atoms. The summed E-state index contributed by atoms with van der Waals surface area (Å²) in [7, 11) is 2.73. The summed E-state index contributed by atoms with van der Waals surface area (Å²) in [5.41, 5.74) is 1.08. The van der Waals surface area contributed by atoms with Gasteiger partial charge >= 0.3 is 33.1 Å². The van der Waals surface area contributed by atoms with E-state index in [9.17, 15) is 9.59 Å². The van der Waals surface area contributed by atoms with Crippen molar-refractivity contribution in [1.29, 1.82) is 0 Å². The molecule has 0 saturated heterocycles. The molecule has 0 aliphatic rings. The van der Waals surface area contributed by atoms with Gasteiger partial charge in [-0.1, -0.05) is 12.1 Å². The van der Waals surface area contributed by atoms with Crippen molar-refractivity contribution in [3.05, 3.63) is 66.8 Å². The Kier molecular flexibility index (Phi) is 5.32. The second kappa shape index (κ2) is 7.21. The van der Waals surface area contributed by atoms with E-state index in [0.29, 0.717) is 11.1 Å². The Morgan fingerprint density at radius 1 is 0.810 bits per heavy atom. The van der Waals surface area contributed by atoms with Crippen molar-refractivity contribution < 1.29 is 40.3 Å². The molecule has 2 aromatic carbocycles. The number of carbonyl (C=O) groups excluding carboxylic acids is 2. The van der Waals surface area contributed by atoms with Crippen LogP contribution in [0.4, 0.5) is 0 Å². The molecule has 0 aromatic heterocycles. The predicted molar refractivity (Wildman–Crippen MR) is 73.0 cm³/mol. The number of hydrogen-bond acceptors (Lipinski definition) is 4. The summed E-state index contributed by atoms with van der Waals surface area (Å²) in [6.07, 6.45) is 0. The van der Waals surface area contributed by atoms with Crippen molar-refractivity contribution in [2.24, 2.45) is 0 Å². The molecule has 0 radical (unpaired) electrons. The Bertz CT molecular complexity index is 609. The Morgan fingerprint density at radius 3 is 1.62 bits per heavy atom. The van der Waals surface area contributed by atoms with Gasteiger partial charge in [0.05, 0.1) is 25.3 Å². The highest BCUT2D eigenvalue weighted by atomic mass is 127. The van der Waals surface area contributed by atoms with Crippen LogP contribution < -0.4 is 21.2 Å². The van der Waals surface area contributed by atoms with E-state index in [-0.39, 0.29) is 11.9 Å². The number of esters is 2. The van der Waals surface area contributed by atoms with E-state index in [1.807, 2.05) is 36.4 Å². The molecule has 0 fully saturated rings. The van der Waals surface area contributed by atoms with E-state index in [1.165, 1.54) is 14.2 Å². The molecule has 2 rings (SSSR count). The molecule has 0 aliphatic carbocycles. The Balaban J connectivity index is 2.22. The molecular weight excluding hydrogens is 383 g/mol.